The number of fused-ring (bicyclic) bond motifs is 1. The molecule has 0 radical (unpaired) electrons. The third kappa shape index (κ3) is 3.38. The number of benzene rings is 2. The number of hydrogen-bond acceptors (Lipinski definition) is 4. The van der Waals surface area contributed by atoms with Gasteiger partial charge in [-0.3, -0.25) is 10.1 Å². The Labute approximate surface area is 170 Å². The van der Waals surface area contributed by atoms with Gasteiger partial charge in [-0.2, -0.15) is 0 Å². The number of aromatic nitrogens is 1. The van der Waals surface area contributed by atoms with Crippen LogP contribution in [-0.4, -0.2) is 10.9 Å². The number of thiazole rings is 1. The van der Waals surface area contributed by atoms with Gasteiger partial charge in [0.05, 0.1) is 10.7 Å². The molecule has 0 saturated carbocycles. The first-order valence-electron chi connectivity index (χ1n) is 8.46. The molecule has 2 aromatic heterocycles. The summed E-state index contributed by atoms with van der Waals surface area (Å²) in [5.41, 5.74) is 5.60. The molecule has 0 atom stereocenters. The van der Waals surface area contributed by atoms with Gasteiger partial charge < -0.3 is 0 Å². The number of hydrogen-bond donors (Lipinski definition) is 1. The van der Waals surface area contributed by atoms with Crippen LogP contribution in [0.1, 0.15) is 26.4 Å². The molecule has 0 aliphatic carbocycles. The molecule has 6 heteroatoms. The molecular weight excluding hydrogens is 396 g/mol. The van der Waals surface area contributed by atoms with Crippen molar-refractivity contribution in [3.05, 3.63) is 68.4 Å². The Morgan fingerprint density at radius 3 is 2.52 bits per heavy atom. The van der Waals surface area contributed by atoms with Crippen LogP contribution in [0.3, 0.4) is 0 Å². The predicted molar refractivity (Wildman–Crippen MR) is 117 cm³/mol. The highest BCUT2D eigenvalue weighted by Gasteiger charge is 2.19. The number of aryl methyl sites for hydroxylation is 3. The first-order chi connectivity index (χ1) is 12.9. The Kier molecular flexibility index (Phi) is 4.76. The fraction of sp³-hybridized carbons (Fsp3) is 0.143. The predicted octanol–water partition coefficient (Wildman–Crippen LogP) is 6.86. The summed E-state index contributed by atoms with van der Waals surface area (Å²) < 4.78 is 0.999. The van der Waals surface area contributed by atoms with Gasteiger partial charge >= 0.3 is 0 Å². The SMILES string of the molecule is Cc1cc(C)c(-c2csc(NC(=O)c3sc4ccccc4c3Cl)n2)c(C)c1. The van der Waals surface area contributed by atoms with E-state index in [1.54, 1.807) is 0 Å². The van der Waals surface area contributed by atoms with Crippen LogP contribution in [0.4, 0.5) is 5.13 Å². The first-order valence-corrected chi connectivity index (χ1v) is 10.5. The van der Waals surface area contributed by atoms with E-state index in [1.807, 2.05) is 29.6 Å². The van der Waals surface area contributed by atoms with E-state index in [0.717, 1.165) is 21.3 Å². The highest BCUT2D eigenvalue weighted by Crippen LogP contribution is 2.36. The van der Waals surface area contributed by atoms with Crippen LogP contribution in [0.25, 0.3) is 21.3 Å². The van der Waals surface area contributed by atoms with E-state index in [4.69, 9.17) is 11.6 Å². The zero-order chi connectivity index (χ0) is 19.1. The maximum atomic E-state index is 12.7. The molecule has 2 aromatic carbocycles. The van der Waals surface area contributed by atoms with E-state index in [9.17, 15) is 4.79 Å². The molecule has 0 aliphatic heterocycles. The Morgan fingerprint density at radius 1 is 1.11 bits per heavy atom. The van der Waals surface area contributed by atoms with E-state index >= 15 is 0 Å². The zero-order valence-corrected chi connectivity index (χ0v) is 17.5. The number of thiophene rings is 1. The summed E-state index contributed by atoms with van der Waals surface area (Å²) in [5.74, 6) is -0.223. The van der Waals surface area contributed by atoms with Crippen molar-refractivity contribution in [3.8, 4) is 11.3 Å². The van der Waals surface area contributed by atoms with Gasteiger partial charge in [-0.1, -0.05) is 47.5 Å². The number of anilines is 1. The molecule has 1 amide bonds. The van der Waals surface area contributed by atoms with Gasteiger partial charge in [0.1, 0.15) is 4.88 Å². The quantitative estimate of drug-likeness (QED) is 0.399. The lowest BCUT2D eigenvalue weighted by Crippen LogP contribution is -2.10. The molecule has 3 nitrogen and oxygen atoms in total. The molecule has 0 spiro atoms. The summed E-state index contributed by atoms with van der Waals surface area (Å²) in [7, 11) is 0. The van der Waals surface area contributed by atoms with Gasteiger partial charge in [0, 0.05) is 21.0 Å². The molecule has 4 rings (SSSR count). The van der Waals surface area contributed by atoms with Crippen molar-refractivity contribution >= 4 is 55.4 Å². The van der Waals surface area contributed by atoms with Crippen LogP contribution < -0.4 is 5.32 Å². The number of nitrogens with one attached hydrogen (secondary N) is 1. The van der Waals surface area contributed by atoms with Crippen molar-refractivity contribution in [3.63, 3.8) is 0 Å². The van der Waals surface area contributed by atoms with Gasteiger partial charge in [0.25, 0.3) is 5.91 Å². The summed E-state index contributed by atoms with van der Waals surface area (Å²) in [4.78, 5) is 17.9. The standard InChI is InChI=1S/C21H17ClN2OS2/c1-11-8-12(2)17(13(3)9-11)15-10-26-21(23-15)24-20(25)19-18(22)14-6-4-5-7-16(14)27-19/h4-10H,1-3H3,(H,23,24,25). The van der Waals surface area contributed by atoms with Crippen molar-refractivity contribution in [1.29, 1.82) is 0 Å². The summed E-state index contributed by atoms with van der Waals surface area (Å²) in [6, 6.07) is 12.1. The zero-order valence-electron chi connectivity index (χ0n) is 15.1. The normalized spacial score (nSPS) is 11.1. The number of amides is 1. The number of carbonyl (C=O) groups excluding carboxylic acids is 1. The minimum absolute atomic E-state index is 0.223. The number of halogens is 1. The highest BCUT2D eigenvalue weighted by atomic mass is 35.5. The van der Waals surface area contributed by atoms with Crippen molar-refractivity contribution in [1.82, 2.24) is 4.98 Å². The van der Waals surface area contributed by atoms with Crippen molar-refractivity contribution < 1.29 is 4.79 Å². The van der Waals surface area contributed by atoms with E-state index in [0.29, 0.717) is 15.0 Å². The van der Waals surface area contributed by atoms with Gasteiger partial charge in [-0.25, -0.2) is 4.98 Å². The van der Waals surface area contributed by atoms with Crippen LogP contribution in [0.15, 0.2) is 41.8 Å². The van der Waals surface area contributed by atoms with Gasteiger partial charge in [-0.05, 0) is 38.0 Å². The lowest BCUT2D eigenvalue weighted by Gasteiger charge is -2.08. The summed E-state index contributed by atoms with van der Waals surface area (Å²) >= 11 is 9.22. The van der Waals surface area contributed by atoms with Gasteiger partial charge in [0.2, 0.25) is 0 Å². The Balaban J connectivity index is 1.63. The largest absolute Gasteiger partial charge is 0.297 e. The summed E-state index contributed by atoms with van der Waals surface area (Å²) in [6.07, 6.45) is 0. The highest BCUT2D eigenvalue weighted by molar-refractivity contribution is 7.21. The topological polar surface area (TPSA) is 42.0 Å². The number of nitrogens with zero attached hydrogens (tertiary/aromatic N) is 1. The maximum absolute atomic E-state index is 12.7. The fourth-order valence-corrected chi connectivity index (χ4v) is 5.45. The minimum Gasteiger partial charge on any atom is -0.297 e. The lowest BCUT2D eigenvalue weighted by molar-refractivity contribution is 0.103. The average Bonchev–Trinajstić information content (AvgIpc) is 3.19. The van der Waals surface area contributed by atoms with Crippen molar-refractivity contribution in [2.24, 2.45) is 0 Å². The molecule has 27 heavy (non-hydrogen) atoms. The van der Waals surface area contributed by atoms with Crippen LogP contribution in [0.5, 0.6) is 0 Å². The molecular formula is C21H17ClN2OS2. The average molecular weight is 413 g/mol. The Morgan fingerprint density at radius 2 is 1.81 bits per heavy atom. The molecule has 0 aliphatic rings. The molecule has 1 N–H and O–H groups in total. The molecule has 0 saturated heterocycles. The van der Waals surface area contributed by atoms with E-state index in [2.05, 4.69) is 43.2 Å². The third-order valence-corrected chi connectivity index (χ3v) is 6.83. The van der Waals surface area contributed by atoms with E-state index in [-0.39, 0.29) is 5.91 Å². The van der Waals surface area contributed by atoms with Gasteiger partial charge in [0.15, 0.2) is 5.13 Å². The molecule has 4 aromatic rings. The second kappa shape index (κ2) is 7.08. The second-order valence-electron chi connectivity index (χ2n) is 6.51. The molecule has 2 heterocycles. The lowest BCUT2D eigenvalue weighted by atomic mass is 9.98. The third-order valence-electron chi connectivity index (χ3n) is 4.40. The van der Waals surface area contributed by atoms with Crippen LogP contribution in [0.2, 0.25) is 5.02 Å². The number of rotatable bonds is 3. The minimum atomic E-state index is -0.223. The molecule has 0 bridgehead atoms. The Bertz CT molecular complexity index is 1150. The summed E-state index contributed by atoms with van der Waals surface area (Å²) in [6.45, 7) is 6.26. The molecule has 0 fully saturated rings. The molecule has 0 unspecified atom stereocenters. The fourth-order valence-electron chi connectivity index (χ4n) is 3.34. The maximum Gasteiger partial charge on any atom is 0.269 e. The van der Waals surface area contributed by atoms with Crippen LogP contribution in [0, 0.1) is 20.8 Å². The second-order valence-corrected chi connectivity index (χ2v) is 8.80. The van der Waals surface area contributed by atoms with E-state index in [1.165, 1.54) is 39.4 Å². The monoisotopic (exact) mass is 412 g/mol. The first kappa shape index (κ1) is 18.2. The van der Waals surface area contributed by atoms with Crippen LogP contribution >= 0.6 is 34.3 Å². The molecule has 136 valence electrons. The van der Waals surface area contributed by atoms with Gasteiger partial charge in [-0.15, -0.1) is 22.7 Å². The van der Waals surface area contributed by atoms with E-state index < -0.39 is 0 Å². The smallest absolute Gasteiger partial charge is 0.269 e. The van der Waals surface area contributed by atoms with Crippen molar-refractivity contribution in [2.75, 3.05) is 5.32 Å². The Hall–Kier alpha value is -2.21. The number of carbonyl (C=O) groups is 1. The van der Waals surface area contributed by atoms with Crippen LogP contribution in [-0.2, 0) is 0 Å². The van der Waals surface area contributed by atoms with Crippen molar-refractivity contribution in [2.45, 2.75) is 20.8 Å². The summed E-state index contributed by atoms with van der Waals surface area (Å²) in [5, 5.41) is 6.84.